The molecule has 1 fully saturated rings. The number of hydrogen-bond donors (Lipinski definition) is 4. The van der Waals surface area contributed by atoms with Crippen molar-refractivity contribution in [2.75, 3.05) is 25.0 Å². The Hall–Kier alpha value is -2.29. The summed E-state index contributed by atoms with van der Waals surface area (Å²) in [5.41, 5.74) is 1.82. The summed E-state index contributed by atoms with van der Waals surface area (Å²) in [5, 5.41) is 13.3. The summed E-state index contributed by atoms with van der Waals surface area (Å²) in [6.45, 7) is -0.192. The van der Waals surface area contributed by atoms with Crippen molar-refractivity contribution in [3.8, 4) is 0 Å². The molecule has 0 spiro atoms. The number of carbonyl (C=O) groups is 1. The van der Waals surface area contributed by atoms with Crippen molar-refractivity contribution in [1.82, 2.24) is 20.1 Å². The van der Waals surface area contributed by atoms with Crippen LogP contribution in [0.3, 0.4) is 0 Å². The second kappa shape index (κ2) is 11.0. The molecule has 1 aliphatic rings. The Bertz CT molecular complexity index is 1110. The Morgan fingerprint density at radius 3 is 2.71 bits per heavy atom. The summed E-state index contributed by atoms with van der Waals surface area (Å²) in [6.07, 6.45) is -4.06. The second-order valence-electron chi connectivity index (χ2n) is 7.53. The van der Waals surface area contributed by atoms with Gasteiger partial charge in [-0.3, -0.25) is 15.2 Å². The molecule has 1 aromatic heterocycles. The lowest BCUT2D eigenvalue weighted by Gasteiger charge is -2.34. The van der Waals surface area contributed by atoms with Gasteiger partial charge in [-0.15, -0.1) is 11.6 Å². The van der Waals surface area contributed by atoms with Crippen molar-refractivity contribution in [1.29, 1.82) is 0 Å². The van der Waals surface area contributed by atoms with Gasteiger partial charge in [0.25, 0.3) is 0 Å². The number of aliphatic hydroxyl groups is 1. The van der Waals surface area contributed by atoms with Crippen LogP contribution < -0.4 is 15.5 Å². The number of nitrogens with one attached hydrogen (secondary N) is 3. The van der Waals surface area contributed by atoms with E-state index >= 15 is 0 Å². The minimum atomic E-state index is -4.94. The number of hydrazine groups is 1. The smallest absolute Gasteiger partial charge is 0.377 e. The Labute approximate surface area is 199 Å². The van der Waals surface area contributed by atoms with Crippen LogP contribution in [0.2, 0.25) is 0 Å². The highest BCUT2D eigenvalue weighted by atomic mass is 35.5. The van der Waals surface area contributed by atoms with Crippen LogP contribution in [0.15, 0.2) is 47.5 Å². The first kappa shape index (κ1) is 26.3. The molecule has 1 aromatic carbocycles. The molecule has 2 unspecified atom stereocenters. The van der Waals surface area contributed by atoms with Gasteiger partial charge in [-0.05, 0) is 30.3 Å². The maximum Gasteiger partial charge on any atom is 0.417 e. The van der Waals surface area contributed by atoms with E-state index in [0.717, 1.165) is 12.1 Å². The molecule has 2 atom stereocenters. The zero-order chi connectivity index (χ0) is 24.9. The Balaban J connectivity index is 1.74. The van der Waals surface area contributed by atoms with Crippen LogP contribution in [0.4, 0.5) is 18.9 Å². The fraction of sp³-hybridized carbons (Fsp3) is 0.400. The number of pyridine rings is 1. The number of anilines is 1. The summed E-state index contributed by atoms with van der Waals surface area (Å²) in [6, 6.07) is 7.35. The van der Waals surface area contributed by atoms with Crippen molar-refractivity contribution < 1.29 is 31.5 Å². The van der Waals surface area contributed by atoms with Crippen LogP contribution >= 0.6 is 11.6 Å². The number of hydrogen-bond acceptors (Lipinski definition) is 7. The lowest BCUT2D eigenvalue weighted by molar-refractivity contribution is -0.139. The van der Waals surface area contributed by atoms with E-state index in [2.05, 4.69) is 20.4 Å². The number of nitrogens with zero attached hydrogens (tertiary/aromatic N) is 2. The Kier molecular flexibility index (Phi) is 8.49. The number of benzene rings is 1. The lowest BCUT2D eigenvalue weighted by atomic mass is 10.2. The molecular formula is C20H23ClF3N5O4S. The first-order valence-electron chi connectivity index (χ1n) is 10.2. The number of halogens is 4. The lowest BCUT2D eigenvalue weighted by Crippen LogP contribution is -2.55. The van der Waals surface area contributed by atoms with Crippen molar-refractivity contribution in [3.05, 3.63) is 53.9 Å². The van der Waals surface area contributed by atoms with Crippen molar-refractivity contribution in [2.24, 2.45) is 0 Å². The molecular weight excluding hydrogens is 499 g/mol. The van der Waals surface area contributed by atoms with E-state index in [1.165, 1.54) is 11.2 Å². The molecule has 3 rings (SSSR count). The number of sulfonamides is 1. The van der Waals surface area contributed by atoms with E-state index in [4.69, 9.17) is 11.6 Å². The third-order valence-electron chi connectivity index (χ3n) is 4.92. The number of aromatic nitrogens is 1. The molecule has 2 aromatic rings. The molecule has 0 saturated carbocycles. The Morgan fingerprint density at radius 1 is 1.29 bits per heavy atom. The molecule has 4 N–H and O–H groups in total. The zero-order valence-electron chi connectivity index (χ0n) is 17.7. The van der Waals surface area contributed by atoms with Gasteiger partial charge < -0.3 is 10.4 Å². The molecule has 1 saturated heterocycles. The molecule has 1 aliphatic heterocycles. The van der Waals surface area contributed by atoms with Gasteiger partial charge in [0, 0.05) is 43.5 Å². The van der Waals surface area contributed by atoms with Crippen molar-refractivity contribution >= 4 is 33.2 Å². The summed E-state index contributed by atoms with van der Waals surface area (Å²) in [4.78, 5) is 15.4. The minimum absolute atomic E-state index is 0.148. The third-order valence-corrected chi connectivity index (χ3v) is 6.75. The van der Waals surface area contributed by atoms with Gasteiger partial charge in [0.1, 0.15) is 6.23 Å². The van der Waals surface area contributed by atoms with Crippen molar-refractivity contribution in [3.63, 3.8) is 0 Å². The molecule has 1 amide bonds. The summed E-state index contributed by atoms with van der Waals surface area (Å²) in [7, 11) is -4.57. The van der Waals surface area contributed by atoms with Crippen LogP contribution in [0, 0.1) is 0 Å². The van der Waals surface area contributed by atoms with Crippen LogP contribution in [-0.2, 0) is 27.4 Å². The summed E-state index contributed by atoms with van der Waals surface area (Å²) >= 11 is 5.92. The summed E-state index contributed by atoms with van der Waals surface area (Å²) < 4.78 is 68.1. The van der Waals surface area contributed by atoms with Crippen LogP contribution in [-0.4, -0.2) is 60.7 Å². The predicted molar refractivity (Wildman–Crippen MR) is 118 cm³/mol. The average molecular weight is 522 g/mol. The first-order valence-corrected chi connectivity index (χ1v) is 12.1. The topological polar surface area (TPSA) is 124 Å². The maximum absolute atomic E-state index is 13.5. The van der Waals surface area contributed by atoms with Crippen LogP contribution in [0.5, 0.6) is 0 Å². The highest BCUT2D eigenvalue weighted by molar-refractivity contribution is 7.89. The predicted octanol–water partition coefficient (Wildman–Crippen LogP) is 1.70. The fourth-order valence-electron chi connectivity index (χ4n) is 3.27. The Morgan fingerprint density at radius 2 is 2.06 bits per heavy atom. The average Bonchev–Trinajstić information content (AvgIpc) is 2.75. The highest BCUT2D eigenvalue weighted by Gasteiger charge is 2.37. The van der Waals surface area contributed by atoms with Gasteiger partial charge in [-0.2, -0.15) is 13.2 Å². The van der Waals surface area contributed by atoms with Crippen molar-refractivity contribution in [2.45, 2.75) is 35.5 Å². The number of alkyl halides is 4. The number of aliphatic hydroxyl groups excluding tert-OH is 1. The van der Waals surface area contributed by atoms with Gasteiger partial charge in [-0.1, -0.05) is 6.07 Å². The number of carbonyl (C=O) groups excluding carboxylic acids is 1. The van der Waals surface area contributed by atoms with E-state index in [1.807, 2.05) is 0 Å². The molecule has 2 heterocycles. The van der Waals surface area contributed by atoms with Gasteiger partial charge >= 0.3 is 6.18 Å². The van der Waals surface area contributed by atoms with Gasteiger partial charge in [0.05, 0.1) is 22.4 Å². The first-order chi connectivity index (χ1) is 16.0. The molecule has 14 heteroatoms. The maximum atomic E-state index is 13.5. The quantitative estimate of drug-likeness (QED) is 0.390. The van der Waals surface area contributed by atoms with Gasteiger partial charge in [0.2, 0.25) is 15.9 Å². The standard InChI is InChI=1S/C20H23ClF3N5O4S/c21-13-9-19(31)29(26-11-13)12-18(30)28-15-4-5-16(20(22,23)24)17(10-15)34(32,33)27-8-6-14-3-1-2-7-25-14/h1-5,7,10,13,19,26-27,31H,6,8-9,11-12H2,(H,28,30). The largest absolute Gasteiger partial charge is 0.417 e. The zero-order valence-corrected chi connectivity index (χ0v) is 19.3. The second-order valence-corrected chi connectivity index (χ2v) is 9.88. The van der Waals surface area contributed by atoms with Crippen LogP contribution in [0.1, 0.15) is 17.7 Å². The van der Waals surface area contributed by atoms with Crippen LogP contribution in [0.25, 0.3) is 0 Å². The summed E-state index contributed by atoms with van der Waals surface area (Å²) in [5.74, 6) is -0.675. The minimum Gasteiger partial charge on any atom is -0.377 e. The number of amides is 1. The van der Waals surface area contributed by atoms with E-state index in [-0.39, 0.29) is 37.0 Å². The molecule has 9 nitrogen and oxygen atoms in total. The van der Waals surface area contributed by atoms with E-state index in [0.29, 0.717) is 18.3 Å². The van der Waals surface area contributed by atoms with E-state index in [1.54, 1.807) is 18.2 Å². The number of rotatable bonds is 8. The third kappa shape index (κ3) is 7.10. The molecule has 0 aliphatic carbocycles. The van der Waals surface area contributed by atoms with Gasteiger partial charge in [0.15, 0.2) is 0 Å². The fourth-order valence-corrected chi connectivity index (χ4v) is 4.78. The van der Waals surface area contributed by atoms with E-state index in [9.17, 15) is 31.5 Å². The van der Waals surface area contributed by atoms with E-state index < -0.39 is 38.8 Å². The normalized spacial score (nSPS) is 19.7. The molecule has 0 radical (unpaired) electrons. The SMILES string of the molecule is O=C(CN1NCC(Cl)CC1O)Nc1ccc(C(F)(F)F)c(S(=O)(=O)NCCc2ccccn2)c1. The molecule has 186 valence electrons. The molecule has 34 heavy (non-hydrogen) atoms. The van der Waals surface area contributed by atoms with Gasteiger partial charge in [-0.25, -0.2) is 18.1 Å². The highest BCUT2D eigenvalue weighted by Crippen LogP contribution is 2.35. The molecule has 0 bridgehead atoms. The monoisotopic (exact) mass is 521 g/mol.